The lowest BCUT2D eigenvalue weighted by Gasteiger charge is -2.32. The number of carbonyl (C=O) groups is 2. The number of piperidine rings is 1. The Balaban J connectivity index is 1.97. The predicted molar refractivity (Wildman–Crippen MR) is 92.4 cm³/mol. The normalized spacial score (nSPS) is 17.5. The first-order chi connectivity index (χ1) is 11.5. The molecule has 1 atom stereocenters. The van der Waals surface area contributed by atoms with Gasteiger partial charge in [-0.05, 0) is 49.9 Å². The van der Waals surface area contributed by atoms with E-state index in [4.69, 9.17) is 9.47 Å². The minimum absolute atomic E-state index is 0.118. The highest BCUT2D eigenvalue weighted by Gasteiger charge is 2.24. The van der Waals surface area contributed by atoms with Crippen molar-refractivity contribution in [3.8, 4) is 0 Å². The zero-order valence-electron chi connectivity index (χ0n) is 14.6. The van der Waals surface area contributed by atoms with E-state index in [2.05, 4.69) is 12.2 Å². The molecule has 1 N–H and O–H groups in total. The van der Waals surface area contributed by atoms with Crippen molar-refractivity contribution in [2.24, 2.45) is 0 Å². The summed E-state index contributed by atoms with van der Waals surface area (Å²) in [4.78, 5) is 25.8. The molecule has 6 nitrogen and oxygen atoms in total. The van der Waals surface area contributed by atoms with E-state index in [1.165, 1.54) is 7.11 Å². The maximum Gasteiger partial charge on any atom is 0.337 e. The molecule has 2 rings (SSSR count). The number of methoxy groups -OCH3 is 1. The van der Waals surface area contributed by atoms with E-state index in [1.54, 1.807) is 23.1 Å². The third-order valence-electron chi connectivity index (χ3n) is 4.11. The van der Waals surface area contributed by atoms with Crippen molar-refractivity contribution in [1.82, 2.24) is 4.90 Å². The van der Waals surface area contributed by atoms with Crippen molar-refractivity contribution in [1.29, 1.82) is 0 Å². The second kappa shape index (κ2) is 8.68. The summed E-state index contributed by atoms with van der Waals surface area (Å²) in [6.45, 7) is 6.01. The van der Waals surface area contributed by atoms with Crippen LogP contribution >= 0.6 is 0 Å². The van der Waals surface area contributed by atoms with Gasteiger partial charge in [0.25, 0.3) is 0 Å². The maximum atomic E-state index is 12.5. The summed E-state index contributed by atoms with van der Waals surface area (Å²) in [6.07, 6.45) is 3.04. The smallest absolute Gasteiger partial charge is 0.337 e. The Hall–Kier alpha value is -2.08. The summed E-state index contributed by atoms with van der Waals surface area (Å²) < 4.78 is 10.5. The fourth-order valence-electron chi connectivity index (χ4n) is 2.79. The molecular weight excluding hydrogens is 308 g/mol. The number of urea groups is 1. The summed E-state index contributed by atoms with van der Waals surface area (Å²) >= 11 is 0. The molecule has 0 spiro atoms. The number of ether oxygens (including phenoxy) is 2. The Morgan fingerprint density at radius 1 is 1.38 bits per heavy atom. The van der Waals surface area contributed by atoms with Gasteiger partial charge in [-0.25, -0.2) is 9.59 Å². The fraction of sp³-hybridized carbons (Fsp3) is 0.556. The Bertz CT molecular complexity index is 588. The molecule has 0 radical (unpaired) electrons. The van der Waals surface area contributed by atoms with Crippen LogP contribution in [0.2, 0.25) is 0 Å². The van der Waals surface area contributed by atoms with Crippen LogP contribution in [0, 0.1) is 6.92 Å². The molecule has 1 aromatic carbocycles. The summed E-state index contributed by atoms with van der Waals surface area (Å²) in [5.74, 6) is -0.386. The number of esters is 1. The number of nitrogens with zero attached hydrogens (tertiary/aromatic N) is 1. The highest BCUT2D eigenvalue weighted by Crippen LogP contribution is 2.19. The standard InChI is InChI=1S/C18H26N2O4/c1-4-10-24-15-6-5-9-20(12-15)18(22)19-16-8-7-14(11-13(16)2)17(21)23-3/h7-8,11,15H,4-6,9-10,12H2,1-3H3,(H,19,22)/t15-/m1/s1. The average Bonchev–Trinajstić information content (AvgIpc) is 2.61. The second-order valence-electron chi connectivity index (χ2n) is 6.03. The van der Waals surface area contributed by atoms with Crippen LogP contribution in [0.4, 0.5) is 10.5 Å². The first kappa shape index (κ1) is 18.3. The molecule has 2 amide bonds. The van der Waals surface area contributed by atoms with Crippen molar-refractivity contribution >= 4 is 17.7 Å². The van der Waals surface area contributed by atoms with Gasteiger partial charge in [-0.3, -0.25) is 0 Å². The fourth-order valence-corrected chi connectivity index (χ4v) is 2.79. The maximum absolute atomic E-state index is 12.5. The molecule has 1 aliphatic heterocycles. The zero-order valence-corrected chi connectivity index (χ0v) is 14.6. The van der Waals surface area contributed by atoms with Crippen LogP contribution in [0.3, 0.4) is 0 Å². The number of likely N-dealkylation sites (tertiary alicyclic amines) is 1. The van der Waals surface area contributed by atoms with E-state index < -0.39 is 0 Å². The monoisotopic (exact) mass is 334 g/mol. The molecule has 132 valence electrons. The van der Waals surface area contributed by atoms with E-state index in [9.17, 15) is 9.59 Å². The van der Waals surface area contributed by atoms with Crippen LogP contribution in [0.25, 0.3) is 0 Å². The number of anilines is 1. The van der Waals surface area contributed by atoms with Gasteiger partial charge in [-0.2, -0.15) is 0 Å². The molecular formula is C18H26N2O4. The predicted octanol–water partition coefficient (Wildman–Crippen LogP) is 3.20. The third kappa shape index (κ3) is 4.71. The van der Waals surface area contributed by atoms with Crippen molar-refractivity contribution in [3.05, 3.63) is 29.3 Å². The molecule has 1 heterocycles. The van der Waals surface area contributed by atoms with Gasteiger partial charge in [0.2, 0.25) is 0 Å². The third-order valence-corrected chi connectivity index (χ3v) is 4.11. The molecule has 0 aromatic heterocycles. The molecule has 1 aliphatic rings. The van der Waals surface area contributed by atoms with E-state index in [-0.39, 0.29) is 18.1 Å². The molecule has 1 aromatic rings. The molecule has 1 fully saturated rings. The largest absolute Gasteiger partial charge is 0.465 e. The molecule has 0 saturated carbocycles. The molecule has 1 saturated heterocycles. The first-order valence-electron chi connectivity index (χ1n) is 8.41. The van der Waals surface area contributed by atoms with Crippen LogP contribution in [0.15, 0.2) is 18.2 Å². The molecule has 24 heavy (non-hydrogen) atoms. The van der Waals surface area contributed by atoms with Gasteiger partial charge in [0.05, 0.1) is 18.8 Å². The van der Waals surface area contributed by atoms with E-state index in [1.807, 2.05) is 6.92 Å². The highest BCUT2D eigenvalue weighted by molar-refractivity contribution is 5.93. The quantitative estimate of drug-likeness (QED) is 0.840. The van der Waals surface area contributed by atoms with Gasteiger partial charge in [0.1, 0.15) is 0 Å². The number of rotatable bonds is 5. The number of carbonyl (C=O) groups excluding carboxylic acids is 2. The lowest BCUT2D eigenvalue weighted by Crippen LogP contribution is -2.45. The van der Waals surface area contributed by atoms with E-state index in [0.717, 1.165) is 38.0 Å². The number of hydrogen-bond donors (Lipinski definition) is 1. The number of benzene rings is 1. The molecule has 6 heteroatoms. The lowest BCUT2D eigenvalue weighted by atomic mass is 10.1. The Morgan fingerprint density at radius 3 is 2.83 bits per heavy atom. The second-order valence-corrected chi connectivity index (χ2v) is 6.03. The Morgan fingerprint density at radius 2 is 2.17 bits per heavy atom. The van der Waals surface area contributed by atoms with E-state index >= 15 is 0 Å². The van der Waals surface area contributed by atoms with E-state index in [0.29, 0.717) is 17.8 Å². The van der Waals surface area contributed by atoms with Crippen LogP contribution in [-0.2, 0) is 9.47 Å². The number of aryl methyl sites for hydroxylation is 1. The lowest BCUT2D eigenvalue weighted by molar-refractivity contribution is 0.0115. The van der Waals surface area contributed by atoms with Crippen molar-refractivity contribution < 1.29 is 19.1 Å². The minimum atomic E-state index is -0.386. The number of amides is 2. The van der Waals surface area contributed by atoms with Gasteiger partial charge in [-0.15, -0.1) is 0 Å². The minimum Gasteiger partial charge on any atom is -0.465 e. The number of nitrogens with one attached hydrogen (secondary N) is 1. The van der Waals surface area contributed by atoms with Gasteiger partial charge < -0.3 is 19.7 Å². The summed E-state index contributed by atoms with van der Waals surface area (Å²) in [7, 11) is 1.35. The summed E-state index contributed by atoms with van der Waals surface area (Å²) in [5, 5.41) is 2.92. The summed E-state index contributed by atoms with van der Waals surface area (Å²) in [5.41, 5.74) is 1.99. The van der Waals surface area contributed by atoms with Crippen molar-refractivity contribution in [2.75, 3.05) is 32.1 Å². The van der Waals surface area contributed by atoms with Gasteiger partial charge in [0.15, 0.2) is 0 Å². The Kier molecular flexibility index (Phi) is 6.61. The van der Waals surface area contributed by atoms with Gasteiger partial charge in [-0.1, -0.05) is 6.92 Å². The molecule has 0 aliphatic carbocycles. The van der Waals surface area contributed by atoms with Crippen LogP contribution in [0.5, 0.6) is 0 Å². The van der Waals surface area contributed by atoms with Crippen molar-refractivity contribution in [2.45, 2.75) is 39.2 Å². The number of hydrogen-bond acceptors (Lipinski definition) is 4. The van der Waals surface area contributed by atoms with Crippen LogP contribution < -0.4 is 5.32 Å². The van der Waals surface area contributed by atoms with Gasteiger partial charge >= 0.3 is 12.0 Å². The molecule has 0 unspecified atom stereocenters. The van der Waals surface area contributed by atoms with Gasteiger partial charge in [0, 0.05) is 25.4 Å². The topological polar surface area (TPSA) is 67.9 Å². The zero-order chi connectivity index (χ0) is 17.5. The molecule has 0 bridgehead atoms. The summed E-state index contributed by atoms with van der Waals surface area (Å²) in [6, 6.07) is 4.96. The SMILES string of the molecule is CCCO[C@@H]1CCCN(C(=O)Nc2ccc(C(=O)OC)cc2C)C1. The first-order valence-corrected chi connectivity index (χ1v) is 8.41. The van der Waals surface area contributed by atoms with Crippen LogP contribution in [-0.4, -0.2) is 49.8 Å². The Labute approximate surface area is 143 Å². The average molecular weight is 334 g/mol. The van der Waals surface area contributed by atoms with Crippen molar-refractivity contribution in [3.63, 3.8) is 0 Å². The van der Waals surface area contributed by atoms with Crippen LogP contribution in [0.1, 0.15) is 42.1 Å². The highest BCUT2D eigenvalue weighted by atomic mass is 16.5.